The summed E-state index contributed by atoms with van der Waals surface area (Å²) in [6, 6.07) is 14.8. The van der Waals surface area contributed by atoms with Gasteiger partial charge in [0.2, 0.25) is 0 Å². The van der Waals surface area contributed by atoms with E-state index in [0.717, 1.165) is 52.3 Å². The van der Waals surface area contributed by atoms with Crippen molar-refractivity contribution in [1.82, 2.24) is 5.43 Å². The molecule has 0 radical (unpaired) electrons. The van der Waals surface area contributed by atoms with Gasteiger partial charge in [0.1, 0.15) is 5.76 Å². The van der Waals surface area contributed by atoms with Crippen LogP contribution < -0.4 is 10.7 Å². The van der Waals surface area contributed by atoms with Gasteiger partial charge in [-0.1, -0.05) is 24.3 Å². The van der Waals surface area contributed by atoms with E-state index in [0.29, 0.717) is 12.0 Å². The van der Waals surface area contributed by atoms with Crippen LogP contribution in [0.25, 0.3) is 0 Å². The van der Waals surface area contributed by atoms with Gasteiger partial charge in [0.25, 0.3) is 11.8 Å². The highest BCUT2D eigenvalue weighted by Gasteiger charge is 2.28. The fourth-order valence-corrected chi connectivity index (χ4v) is 4.00. The maximum Gasteiger partial charge on any atom is 0.291 e. The van der Waals surface area contributed by atoms with Gasteiger partial charge in [-0.2, -0.15) is 5.10 Å². The second-order valence-corrected chi connectivity index (χ2v) is 7.90. The van der Waals surface area contributed by atoms with Gasteiger partial charge < -0.3 is 9.73 Å². The molecule has 1 aliphatic carbocycles. The SMILES string of the molecule is Cc1cc(C)cc(NC(=O)c2oc3c(c2C)/C(=N/NC(=O)c2ccccc2)CCC3)c1. The van der Waals surface area contributed by atoms with E-state index in [1.54, 1.807) is 12.1 Å². The number of hydrazone groups is 1. The number of furan rings is 1. The van der Waals surface area contributed by atoms with Crippen molar-refractivity contribution in [2.24, 2.45) is 5.10 Å². The predicted molar refractivity (Wildman–Crippen MR) is 121 cm³/mol. The highest BCUT2D eigenvalue weighted by Crippen LogP contribution is 2.30. The summed E-state index contributed by atoms with van der Waals surface area (Å²) in [4.78, 5) is 25.3. The van der Waals surface area contributed by atoms with Gasteiger partial charge in [-0.15, -0.1) is 0 Å². The summed E-state index contributed by atoms with van der Waals surface area (Å²) in [6.45, 7) is 5.84. The lowest BCUT2D eigenvalue weighted by Crippen LogP contribution is -2.22. The molecule has 0 atom stereocenters. The largest absolute Gasteiger partial charge is 0.455 e. The van der Waals surface area contributed by atoms with Crippen LogP contribution in [0.1, 0.15) is 61.8 Å². The first-order valence-corrected chi connectivity index (χ1v) is 10.4. The van der Waals surface area contributed by atoms with E-state index in [-0.39, 0.29) is 17.6 Å². The van der Waals surface area contributed by atoms with Crippen molar-refractivity contribution < 1.29 is 14.0 Å². The van der Waals surface area contributed by atoms with Crippen molar-refractivity contribution in [1.29, 1.82) is 0 Å². The minimum absolute atomic E-state index is 0.269. The van der Waals surface area contributed by atoms with E-state index >= 15 is 0 Å². The maximum atomic E-state index is 12.9. The van der Waals surface area contributed by atoms with Crippen LogP contribution in [0.4, 0.5) is 5.69 Å². The Bertz CT molecular complexity index is 1160. The van der Waals surface area contributed by atoms with Gasteiger partial charge in [-0.05, 0) is 69.0 Å². The molecule has 0 spiro atoms. The van der Waals surface area contributed by atoms with Crippen LogP contribution in [0.15, 0.2) is 58.0 Å². The molecule has 0 aliphatic heterocycles. The number of aryl methyl sites for hydroxylation is 3. The lowest BCUT2D eigenvalue weighted by Gasteiger charge is -2.13. The molecular formula is C25H25N3O3. The molecule has 1 aliphatic rings. The Morgan fingerprint density at radius 2 is 1.65 bits per heavy atom. The molecule has 2 N–H and O–H groups in total. The Kier molecular flexibility index (Phi) is 5.71. The van der Waals surface area contributed by atoms with Gasteiger partial charge in [0, 0.05) is 28.8 Å². The van der Waals surface area contributed by atoms with Crippen molar-refractivity contribution in [3.05, 3.63) is 87.9 Å². The molecule has 3 aromatic rings. The number of fused-ring (bicyclic) bond motifs is 1. The summed E-state index contributed by atoms with van der Waals surface area (Å²) < 4.78 is 5.95. The number of hydrogen-bond acceptors (Lipinski definition) is 4. The number of nitrogens with one attached hydrogen (secondary N) is 2. The summed E-state index contributed by atoms with van der Waals surface area (Å²) in [5.41, 5.74) is 8.37. The van der Waals surface area contributed by atoms with Crippen LogP contribution in [0.2, 0.25) is 0 Å². The third-order valence-corrected chi connectivity index (χ3v) is 5.34. The smallest absolute Gasteiger partial charge is 0.291 e. The van der Waals surface area contributed by atoms with Gasteiger partial charge in [0.05, 0.1) is 5.71 Å². The molecule has 6 nitrogen and oxygen atoms in total. The Hall–Kier alpha value is -3.67. The summed E-state index contributed by atoms with van der Waals surface area (Å²) in [5.74, 6) is 0.467. The average molecular weight is 415 g/mol. The molecule has 1 aromatic heterocycles. The topological polar surface area (TPSA) is 83.7 Å². The van der Waals surface area contributed by atoms with Gasteiger partial charge in [-0.3, -0.25) is 9.59 Å². The highest BCUT2D eigenvalue weighted by molar-refractivity contribution is 6.09. The molecule has 0 fully saturated rings. The normalized spacial score (nSPS) is 14.2. The molecule has 0 bridgehead atoms. The van der Waals surface area contributed by atoms with Crippen molar-refractivity contribution in [2.45, 2.75) is 40.0 Å². The minimum Gasteiger partial charge on any atom is -0.455 e. The molecule has 0 unspecified atom stereocenters. The molecule has 0 saturated heterocycles. The third-order valence-electron chi connectivity index (χ3n) is 5.34. The van der Waals surface area contributed by atoms with Gasteiger partial charge in [0.15, 0.2) is 5.76 Å². The second kappa shape index (κ2) is 8.60. The first kappa shape index (κ1) is 20.6. The molecule has 6 heteroatoms. The van der Waals surface area contributed by atoms with Crippen LogP contribution >= 0.6 is 0 Å². The first-order chi connectivity index (χ1) is 14.9. The van der Waals surface area contributed by atoms with Crippen molar-refractivity contribution in [3.63, 3.8) is 0 Å². The Labute approximate surface area is 181 Å². The van der Waals surface area contributed by atoms with E-state index in [2.05, 4.69) is 21.9 Å². The lowest BCUT2D eigenvalue weighted by atomic mass is 9.93. The van der Waals surface area contributed by atoms with Crippen molar-refractivity contribution in [3.8, 4) is 0 Å². The van der Waals surface area contributed by atoms with E-state index < -0.39 is 0 Å². The molecule has 2 amide bonds. The number of anilines is 1. The van der Waals surface area contributed by atoms with Crippen molar-refractivity contribution in [2.75, 3.05) is 5.32 Å². The second-order valence-electron chi connectivity index (χ2n) is 7.90. The number of amides is 2. The average Bonchev–Trinajstić information content (AvgIpc) is 3.09. The number of carbonyl (C=O) groups is 2. The predicted octanol–water partition coefficient (Wildman–Crippen LogP) is 4.93. The highest BCUT2D eigenvalue weighted by atomic mass is 16.4. The Balaban J connectivity index is 1.58. The van der Waals surface area contributed by atoms with Gasteiger partial charge >= 0.3 is 0 Å². The quantitative estimate of drug-likeness (QED) is 0.593. The van der Waals surface area contributed by atoms with E-state index in [1.807, 2.05) is 51.1 Å². The first-order valence-electron chi connectivity index (χ1n) is 10.4. The number of hydrogen-bond donors (Lipinski definition) is 2. The monoisotopic (exact) mass is 415 g/mol. The molecule has 1 heterocycles. The number of carbonyl (C=O) groups excluding carboxylic acids is 2. The van der Waals surface area contributed by atoms with Crippen molar-refractivity contribution >= 4 is 23.2 Å². The minimum atomic E-state index is -0.287. The summed E-state index contributed by atoms with van der Waals surface area (Å²) in [6.07, 6.45) is 2.29. The van der Waals surface area contributed by atoms with Crippen LogP contribution in [0.3, 0.4) is 0 Å². The van der Waals surface area contributed by atoms with E-state index in [1.165, 1.54) is 0 Å². The number of rotatable bonds is 4. The lowest BCUT2D eigenvalue weighted by molar-refractivity contribution is 0.0953. The summed E-state index contributed by atoms with van der Waals surface area (Å²) >= 11 is 0. The van der Waals surface area contributed by atoms with Crippen LogP contribution in [0, 0.1) is 20.8 Å². The van der Waals surface area contributed by atoms with Crippen LogP contribution in [-0.2, 0) is 6.42 Å². The molecule has 31 heavy (non-hydrogen) atoms. The number of nitrogens with zero attached hydrogens (tertiary/aromatic N) is 1. The zero-order chi connectivity index (χ0) is 22.0. The summed E-state index contributed by atoms with van der Waals surface area (Å²) in [7, 11) is 0. The van der Waals surface area contributed by atoms with Crippen LogP contribution in [-0.4, -0.2) is 17.5 Å². The fourth-order valence-electron chi connectivity index (χ4n) is 4.00. The third kappa shape index (κ3) is 4.43. The Morgan fingerprint density at radius 1 is 0.935 bits per heavy atom. The maximum absolute atomic E-state index is 12.9. The summed E-state index contributed by atoms with van der Waals surface area (Å²) in [5, 5.41) is 7.30. The molecule has 158 valence electrons. The number of benzene rings is 2. The van der Waals surface area contributed by atoms with E-state index in [4.69, 9.17) is 4.42 Å². The van der Waals surface area contributed by atoms with Crippen LogP contribution in [0.5, 0.6) is 0 Å². The molecule has 2 aromatic carbocycles. The van der Waals surface area contributed by atoms with E-state index in [9.17, 15) is 9.59 Å². The molecule has 4 rings (SSSR count). The molecular weight excluding hydrogens is 390 g/mol. The Morgan fingerprint density at radius 3 is 2.35 bits per heavy atom. The molecule has 0 saturated carbocycles. The zero-order valence-corrected chi connectivity index (χ0v) is 17.9. The fraction of sp³-hybridized carbons (Fsp3) is 0.240. The van der Waals surface area contributed by atoms with Gasteiger partial charge in [-0.25, -0.2) is 5.43 Å². The standard InChI is InChI=1S/C25H25N3O3/c1-15-12-16(2)14-19(13-15)26-25(30)23-17(3)22-20(10-7-11-21(22)31-23)27-28-24(29)18-8-5-4-6-9-18/h4-6,8-9,12-14H,7,10-11H2,1-3H3,(H,26,30)(H,28,29)/b27-20+. The zero-order valence-electron chi connectivity index (χ0n) is 17.9.